The fourth-order valence-corrected chi connectivity index (χ4v) is 5.99. The highest BCUT2D eigenvalue weighted by molar-refractivity contribution is 7.86. The number of hydrogen-bond donors (Lipinski definition) is 2. The molecule has 1 aromatic heterocycles. The van der Waals surface area contributed by atoms with Gasteiger partial charge in [0, 0.05) is 40.5 Å². The van der Waals surface area contributed by atoms with Crippen molar-refractivity contribution in [1.82, 2.24) is 9.29 Å². The minimum Gasteiger partial charge on any atom is -0.494 e. The van der Waals surface area contributed by atoms with Gasteiger partial charge in [-0.1, -0.05) is 19.9 Å². The van der Waals surface area contributed by atoms with Gasteiger partial charge in [0.15, 0.2) is 5.78 Å². The quantitative estimate of drug-likeness (QED) is 0.559. The van der Waals surface area contributed by atoms with Gasteiger partial charge in [0.25, 0.3) is 10.2 Å². The van der Waals surface area contributed by atoms with Gasteiger partial charge < -0.3 is 14.5 Å². The number of rotatable bonds is 5. The van der Waals surface area contributed by atoms with Crippen molar-refractivity contribution < 1.29 is 22.7 Å². The van der Waals surface area contributed by atoms with Gasteiger partial charge in [0.2, 0.25) is 0 Å². The first-order valence-corrected chi connectivity index (χ1v) is 12.9. The van der Waals surface area contributed by atoms with Crippen molar-refractivity contribution in [2.75, 3.05) is 26.4 Å². The molecular weight excluding hydrogens is 468 g/mol. The van der Waals surface area contributed by atoms with Crippen molar-refractivity contribution in [3.8, 4) is 11.8 Å². The maximum atomic E-state index is 13.5. The van der Waals surface area contributed by atoms with Crippen LogP contribution in [0.25, 0.3) is 10.9 Å². The number of ketones is 1. The van der Waals surface area contributed by atoms with E-state index in [1.807, 2.05) is 26.0 Å². The van der Waals surface area contributed by atoms with Crippen LogP contribution in [0.5, 0.6) is 5.75 Å². The molecule has 3 aromatic rings. The predicted octanol–water partition coefficient (Wildman–Crippen LogP) is 2.58. The molecule has 0 saturated carbocycles. The summed E-state index contributed by atoms with van der Waals surface area (Å²) >= 11 is 0. The van der Waals surface area contributed by atoms with Gasteiger partial charge >= 0.3 is 0 Å². The van der Waals surface area contributed by atoms with Crippen molar-refractivity contribution in [2.45, 2.75) is 31.7 Å². The molecule has 5 rings (SSSR count). The molecule has 3 N–H and O–H groups in total. The summed E-state index contributed by atoms with van der Waals surface area (Å²) in [5.74, 6) is 0.523. The van der Waals surface area contributed by atoms with Crippen LogP contribution in [0.4, 0.5) is 0 Å². The van der Waals surface area contributed by atoms with Crippen LogP contribution >= 0.6 is 0 Å². The molecule has 35 heavy (non-hydrogen) atoms. The van der Waals surface area contributed by atoms with E-state index in [0.29, 0.717) is 35.5 Å². The molecule has 2 aliphatic rings. The van der Waals surface area contributed by atoms with E-state index in [4.69, 9.17) is 14.6 Å². The first kappa shape index (κ1) is 23.5. The lowest BCUT2D eigenvalue weighted by atomic mass is 9.71. The fourth-order valence-electron chi connectivity index (χ4n) is 5.08. The standard InChI is InChI=1S/C25H26N4O5S/c1-25(2)20-12-17(34-9-7-16-14-33-10-8-29(16)35(27,31)32)4-6-18(20)23(30)22-19-5-3-15(13-26)11-21(19)28-24(22)25/h3-6,11-12,16,28H,7-10,14H2,1-2H3,(H2,27,31,32). The van der Waals surface area contributed by atoms with E-state index >= 15 is 0 Å². The second-order valence-electron chi connectivity index (χ2n) is 9.43. The number of fused-ring (bicyclic) bond motifs is 4. The Morgan fingerprint density at radius 1 is 1.29 bits per heavy atom. The van der Waals surface area contributed by atoms with Crippen molar-refractivity contribution in [1.29, 1.82) is 5.26 Å². The smallest absolute Gasteiger partial charge is 0.277 e. The summed E-state index contributed by atoms with van der Waals surface area (Å²) in [6.45, 7) is 5.16. The van der Waals surface area contributed by atoms with Gasteiger partial charge in [0.05, 0.1) is 43.1 Å². The van der Waals surface area contributed by atoms with Crippen LogP contribution in [0.3, 0.4) is 0 Å². The number of nitrogens with zero attached hydrogens (tertiary/aromatic N) is 2. The zero-order valence-electron chi connectivity index (χ0n) is 19.5. The number of carbonyl (C=O) groups is 1. The number of nitrogens with one attached hydrogen (secondary N) is 1. The van der Waals surface area contributed by atoms with Crippen molar-refractivity contribution in [2.24, 2.45) is 5.14 Å². The molecule has 1 unspecified atom stereocenters. The molecule has 2 aromatic carbocycles. The molecule has 0 amide bonds. The Hall–Kier alpha value is -3.23. The molecule has 0 bridgehead atoms. The fraction of sp³-hybridized carbons (Fsp3) is 0.360. The Bertz CT molecular complexity index is 1490. The van der Waals surface area contributed by atoms with Gasteiger partial charge in [-0.25, -0.2) is 5.14 Å². The molecule has 1 aliphatic carbocycles. The molecule has 1 fully saturated rings. The monoisotopic (exact) mass is 494 g/mol. The Morgan fingerprint density at radius 3 is 2.83 bits per heavy atom. The largest absolute Gasteiger partial charge is 0.494 e. The lowest BCUT2D eigenvalue weighted by Gasteiger charge is -2.33. The summed E-state index contributed by atoms with van der Waals surface area (Å²) in [6.07, 6.45) is 0.420. The molecule has 1 atom stereocenters. The first-order valence-electron chi connectivity index (χ1n) is 11.4. The van der Waals surface area contributed by atoms with Crippen molar-refractivity contribution in [3.05, 3.63) is 64.3 Å². The summed E-state index contributed by atoms with van der Waals surface area (Å²) in [6, 6.07) is 12.5. The van der Waals surface area contributed by atoms with Gasteiger partial charge in [-0.3, -0.25) is 4.79 Å². The lowest BCUT2D eigenvalue weighted by Crippen LogP contribution is -2.51. The average Bonchev–Trinajstić information content (AvgIpc) is 3.22. The Labute approximate surface area is 203 Å². The van der Waals surface area contributed by atoms with E-state index in [1.54, 1.807) is 24.3 Å². The number of H-pyrrole nitrogens is 1. The SMILES string of the molecule is CC1(C)c2cc(OCCC3COCCN3S(N)(=O)=O)ccc2C(=O)c2c1[nH]c1cc(C#N)ccc21. The molecule has 2 heterocycles. The Morgan fingerprint density at radius 2 is 2.09 bits per heavy atom. The number of hydrogen-bond acceptors (Lipinski definition) is 6. The topological polar surface area (TPSA) is 139 Å². The van der Waals surface area contributed by atoms with Crippen LogP contribution in [0.15, 0.2) is 36.4 Å². The zero-order chi connectivity index (χ0) is 25.0. The summed E-state index contributed by atoms with van der Waals surface area (Å²) < 4.78 is 36.3. The number of ether oxygens (including phenoxy) is 2. The second-order valence-corrected chi connectivity index (χ2v) is 10.9. The minimum atomic E-state index is -3.81. The highest BCUT2D eigenvalue weighted by Gasteiger charge is 2.40. The first-order chi connectivity index (χ1) is 16.6. The molecule has 10 heteroatoms. The number of aromatic amines is 1. The van der Waals surface area contributed by atoms with E-state index in [9.17, 15) is 18.5 Å². The van der Waals surface area contributed by atoms with Gasteiger partial charge in [0.1, 0.15) is 5.75 Å². The number of carbonyl (C=O) groups excluding carboxylic acids is 1. The van der Waals surface area contributed by atoms with E-state index in [0.717, 1.165) is 22.2 Å². The molecular formula is C25H26N4O5S. The maximum absolute atomic E-state index is 13.5. The number of nitrogens with two attached hydrogens (primary N) is 1. The van der Waals surface area contributed by atoms with Crippen molar-refractivity contribution >= 4 is 26.9 Å². The predicted molar refractivity (Wildman–Crippen MR) is 130 cm³/mol. The summed E-state index contributed by atoms with van der Waals surface area (Å²) in [4.78, 5) is 16.8. The molecule has 182 valence electrons. The lowest BCUT2D eigenvalue weighted by molar-refractivity contribution is 0.0250. The number of nitriles is 1. The summed E-state index contributed by atoms with van der Waals surface area (Å²) in [5.41, 5.74) is 3.67. The second kappa shape index (κ2) is 8.46. The molecule has 0 spiro atoms. The van der Waals surface area contributed by atoms with E-state index < -0.39 is 15.6 Å². The van der Waals surface area contributed by atoms with Gasteiger partial charge in [-0.2, -0.15) is 18.0 Å². The van der Waals surface area contributed by atoms with Crippen LogP contribution in [0.1, 0.15) is 53.0 Å². The maximum Gasteiger partial charge on any atom is 0.277 e. The summed E-state index contributed by atoms with van der Waals surface area (Å²) in [7, 11) is -3.81. The van der Waals surface area contributed by atoms with Crippen LogP contribution in [0.2, 0.25) is 0 Å². The molecule has 1 aliphatic heterocycles. The normalized spacial score (nSPS) is 19.7. The molecule has 0 radical (unpaired) electrons. The average molecular weight is 495 g/mol. The third kappa shape index (κ3) is 4.00. The third-order valence-corrected chi connectivity index (χ3v) is 8.04. The van der Waals surface area contributed by atoms with Crippen molar-refractivity contribution in [3.63, 3.8) is 0 Å². The van der Waals surface area contributed by atoms with Crippen LogP contribution < -0.4 is 9.88 Å². The number of morpholine rings is 1. The molecule has 1 saturated heterocycles. The van der Waals surface area contributed by atoms with Gasteiger partial charge in [-0.05, 0) is 35.9 Å². The minimum absolute atomic E-state index is 0.0695. The molecule has 9 nitrogen and oxygen atoms in total. The zero-order valence-corrected chi connectivity index (χ0v) is 20.3. The van der Waals surface area contributed by atoms with E-state index in [-0.39, 0.29) is 31.6 Å². The van der Waals surface area contributed by atoms with E-state index in [1.165, 1.54) is 4.31 Å². The van der Waals surface area contributed by atoms with Crippen LogP contribution in [-0.2, 0) is 20.4 Å². The third-order valence-electron chi connectivity index (χ3n) is 6.91. The Kier molecular flexibility index (Phi) is 5.68. The van der Waals surface area contributed by atoms with Gasteiger partial charge in [-0.15, -0.1) is 0 Å². The summed E-state index contributed by atoms with van der Waals surface area (Å²) in [5, 5.41) is 15.4. The van der Waals surface area contributed by atoms with Crippen LogP contribution in [0, 0.1) is 11.3 Å². The highest BCUT2D eigenvalue weighted by atomic mass is 32.2. The van der Waals surface area contributed by atoms with Crippen LogP contribution in [-0.4, -0.2) is 55.9 Å². The highest BCUT2D eigenvalue weighted by Crippen LogP contribution is 2.44. The number of benzene rings is 2. The number of aromatic nitrogens is 1. The Balaban J connectivity index is 1.41. The van der Waals surface area contributed by atoms with E-state index in [2.05, 4.69) is 11.1 Å².